The minimum atomic E-state index is 0.157. The van der Waals surface area contributed by atoms with Gasteiger partial charge in [-0.15, -0.1) is 0 Å². The summed E-state index contributed by atoms with van der Waals surface area (Å²) in [4.78, 5) is 0. The fourth-order valence-corrected chi connectivity index (χ4v) is 4.76. The van der Waals surface area contributed by atoms with Crippen LogP contribution < -0.4 is 0 Å². The van der Waals surface area contributed by atoms with E-state index in [1.165, 1.54) is 35.1 Å². The topological polar surface area (TPSA) is 0 Å². The van der Waals surface area contributed by atoms with Crippen molar-refractivity contribution in [2.24, 2.45) is 0 Å². The predicted molar refractivity (Wildman–Crippen MR) is 120 cm³/mol. The van der Waals surface area contributed by atoms with E-state index in [4.69, 9.17) is 0 Å². The summed E-state index contributed by atoms with van der Waals surface area (Å²) in [6.45, 7) is 18.8. The molecular weight excluding hydrogens is 324 g/mol. The number of fused-ring (bicyclic) bond motifs is 3. The standard InChI is InChI=1S/C27H38/c1-9-25(5,6)19-13-15-21-22-16-14-20(26(7,8)10-2)18-24(22)27(11-3,12-4)23(21)17-19/h13-18H,9-12H2,1-8H3. The summed E-state index contributed by atoms with van der Waals surface area (Å²) in [7, 11) is 0. The van der Waals surface area contributed by atoms with Crippen molar-refractivity contribution < 1.29 is 0 Å². The van der Waals surface area contributed by atoms with E-state index in [-0.39, 0.29) is 16.2 Å². The van der Waals surface area contributed by atoms with Gasteiger partial charge < -0.3 is 0 Å². The van der Waals surface area contributed by atoms with E-state index >= 15 is 0 Å². The Bertz CT molecular complexity index is 764. The van der Waals surface area contributed by atoms with Crippen molar-refractivity contribution in [1.29, 1.82) is 0 Å². The van der Waals surface area contributed by atoms with Crippen LogP contribution in [0.15, 0.2) is 36.4 Å². The van der Waals surface area contributed by atoms with Crippen LogP contribution in [0.3, 0.4) is 0 Å². The van der Waals surface area contributed by atoms with Crippen LogP contribution in [0.1, 0.15) is 103 Å². The first-order valence-electron chi connectivity index (χ1n) is 11.0. The summed E-state index contributed by atoms with van der Waals surface area (Å²) in [5, 5.41) is 0. The van der Waals surface area contributed by atoms with Crippen LogP contribution in [0.2, 0.25) is 0 Å². The van der Waals surface area contributed by atoms with Gasteiger partial charge >= 0.3 is 0 Å². The third kappa shape index (κ3) is 2.96. The van der Waals surface area contributed by atoms with Gasteiger partial charge in [0.1, 0.15) is 0 Å². The average Bonchev–Trinajstić information content (AvgIpc) is 2.96. The molecule has 3 rings (SSSR count). The van der Waals surface area contributed by atoms with Crippen molar-refractivity contribution in [3.05, 3.63) is 58.7 Å². The Kier molecular flexibility index (Phi) is 5.08. The molecule has 0 heterocycles. The lowest BCUT2D eigenvalue weighted by Crippen LogP contribution is -2.25. The zero-order valence-electron chi connectivity index (χ0n) is 18.8. The van der Waals surface area contributed by atoms with Gasteiger partial charge in [0.15, 0.2) is 0 Å². The van der Waals surface area contributed by atoms with E-state index in [2.05, 4.69) is 91.8 Å². The normalized spacial score (nSPS) is 15.6. The minimum Gasteiger partial charge on any atom is -0.0646 e. The molecule has 0 heteroatoms. The first-order chi connectivity index (χ1) is 12.7. The number of hydrogen-bond acceptors (Lipinski definition) is 0. The van der Waals surface area contributed by atoms with Gasteiger partial charge in [-0.3, -0.25) is 0 Å². The van der Waals surface area contributed by atoms with E-state index in [1.807, 2.05) is 0 Å². The molecule has 146 valence electrons. The van der Waals surface area contributed by atoms with Crippen molar-refractivity contribution in [2.45, 2.75) is 97.3 Å². The maximum atomic E-state index is 2.54. The number of hydrogen-bond donors (Lipinski definition) is 0. The van der Waals surface area contributed by atoms with Gasteiger partial charge in [0.2, 0.25) is 0 Å². The van der Waals surface area contributed by atoms with Crippen LogP contribution in [0, 0.1) is 0 Å². The lowest BCUT2D eigenvalue weighted by molar-refractivity contribution is 0.475. The molecule has 1 aliphatic carbocycles. The zero-order chi connectivity index (χ0) is 20.0. The molecule has 0 saturated heterocycles. The van der Waals surface area contributed by atoms with Crippen LogP contribution in [0.4, 0.5) is 0 Å². The molecule has 0 unspecified atom stereocenters. The molecule has 0 amide bonds. The van der Waals surface area contributed by atoms with Crippen LogP contribution in [0.25, 0.3) is 11.1 Å². The Morgan fingerprint density at radius 3 is 1.30 bits per heavy atom. The van der Waals surface area contributed by atoms with Gasteiger partial charge in [-0.1, -0.05) is 91.8 Å². The molecule has 0 fully saturated rings. The lowest BCUT2D eigenvalue weighted by Gasteiger charge is -2.33. The van der Waals surface area contributed by atoms with E-state index in [0.29, 0.717) is 0 Å². The third-order valence-corrected chi connectivity index (χ3v) is 7.90. The van der Waals surface area contributed by atoms with Crippen molar-refractivity contribution in [3.8, 4) is 11.1 Å². The second kappa shape index (κ2) is 6.80. The van der Waals surface area contributed by atoms with E-state index in [9.17, 15) is 0 Å². The summed E-state index contributed by atoms with van der Waals surface area (Å²) in [6.07, 6.45) is 4.66. The highest BCUT2D eigenvalue weighted by atomic mass is 14.4. The van der Waals surface area contributed by atoms with Gasteiger partial charge in [0, 0.05) is 5.41 Å². The quantitative estimate of drug-likeness (QED) is 0.486. The van der Waals surface area contributed by atoms with E-state index < -0.39 is 0 Å². The predicted octanol–water partition coefficient (Wildman–Crippen LogP) is 8.15. The van der Waals surface area contributed by atoms with E-state index in [1.54, 1.807) is 11.1 Å². The summed E-state index contributed by atoms with van der Waals surface area (Å²) >= 11 is 0. The highest BCUT2D eigenvalue weighted by Crippen LogP contribution is 2.54. The monoisotopic (exact) mass is 362 g/mol. The smallest absolute Gasteiger partial charge is 0.0210 e. The van der Waals surface area contributed by atoms with Crippen LogP contribution in [-0.2, 0) is 16.2 Å². The Morgan fingerprint density at radius 2 is 1.00 bits per heavy atom. The lowest BCUT2D eigenvalue weighted by atomic mass is 9.71. The molecule has 1 aliphatic rings. The van der Waals surface area contributed by atoms with Crippen LogP contribution in [0.5, 0.6) is 0 Å². The summed E-state index contributed by atoms with van der Waals surface area (Å²) < 4.78 is 0. The first kappa shape index (κ1) is 20.2. The molecule has 0 nitrogen and oxygen atoms in total. The molecule has 0 saturated carbocycles. The van der Waals surface area contributed by atoms with E-state index in [0.717, 1.165) is 12.8 Å². The third-order valence-electron chi connectivity index (χ3n) is 7.90. The highest BCUT2D eigenvalue weighted by Gasteiger charge is 2.41. The zero-order valence-corrected chi connectivity index (χ0v) is 18.8. The van der Waals surface area contributed by atoms with Crippen molar-refractivity contribution in [3.63, 3.8) is 0 Å². The molecule has 2 aromatic carbocycles. The van der Waals surface area contributed by atoms with Gasteiger partial charge in [0.25, 0.3) is 0 Å². The molecule has 0 aliphatic heterocycles. The maximum absolute atomic E-state index is 2.54. The van der Waals surface area contributed by atoms with Crippen LogP contribution in [-0.4, -0.2) is 0 Å². The Balaban J connectivity index is 2.26. The van der Waals surface area contributed by atoms with Gasteiger partial charge in [0.05, 0.1) is 0 Å². The fraction of sp³-hybridized carbons (Fsp3) is 0.556. The molecule has 0 atom stereocenters. The summed E-state index contributed by atoms with van der Waals surface area (Å²) in [5.74, 6) is 0. The molecule has 0 N–H and O–H groups in total. The molecule has 0 spiro atoms. The molecule has 0 bridgehead atoms. The van der Waals surface area contributed by atoms with Crippen LogP contribution >= 0.6 is 0 Å². The minimum absolute atomic E-state index is 0.157. The molecule has 0 aromatic heterocycles. The summed E-state index contributed by atoms with van der Waals surface area (Å²) in [6, 6.07) is 14.6. The molecule has 27 heavy (non-hydrogen) atoms. The molecule has 2 aromatic rings. The number of benzene rings is 2. The maximum Gasteiger partial charge on any atom is 0.0210 e. The van der Waals surface area contributed by atoms with Gasteiger partial charge in [-0.05, 0) is 69.9 Å². The van der Waals surface area contributed by atoms with Gasteiger partial charge in [-0.25, -0.2) is 0 Å². The van der Waals surface area contributed by atoms with Crippen molar-refractivity contribution >= 4 is 0 Å². The highest BCUT2D eigenvalue weighted by molar-refractivity contribution is 5.82. The molecular formula is C27H38. The first-order valence-corrected chi connectivity index (χ1v) is 11.0. The van der Waals surface area contributed by atoms with Gasteiger partial charge in [-0.2, -0.15) is 0 Å². The fourth-order valence-electron chi connectivity index (χ4n) is 4.76. The molecule has 0 radical (unpaired) electrons. The average molecular weight is 363 g/mol. The Hall–Kier alpha value is -1.56. The second-order valence-electron chi connectivity index (χ2n) is 9.78. The van der Waals surface area contributed by atoms with Crippen molar-refractivity contribution in [1.82, 2.24) is 0 Å². The second-order valence-corrected chi connectivity index (χ2v) is 9.78. The van der Waals surface area contributed by atoms with Crippen molar-refractivity contribution in [2.75, 3.05) is 0 Å². The number of rotatable bonds is 6. The SMILES string of the molecule is CCC(C)(C)c1ccc2c(c1)C(CC)(CC)c1cc(C(C)(C)CC)ccc1-2. The Labute approximate surface area is 167 Å². The largest absolute Gasteiger partial charge is 0.0646 e. The summed E-state index contributed by atoms with van der Waals surface area (Å²) in [5.41, 5.74) is 9.63. The Morgan fingerprint density at radius 1 is 0.630 bits per heavy atom.